The third-order valence-electron chi connectivity index (χ3n) is 4.72. The Morgan fingerprint density at radius 1 is 1.30 bits per heavy atom. The summed E-state index contributed by atoms with van der Waals surface area (Å²) in [5, 5.41) is 16.3. The molecular weight excluding hydrogens is 276 g/mol. The molecule has 0 bridgehead atoms. The van der Waals surface area contributed by atoms with Crippen LogP contribution in [-0.4, -0.2) is 36.2 Å². The fourth-order valence-corrected chi connectivity index (χ4v) is 3.37. The van der Waals surface area contributed by atoms with Crippen molar-refractivity contribution >= 4 is 18.3 Å². The summed E-state index contributed by atoms with van der Waals surface area (Å²) in [5.74, 6) is 1.16. The fraction of sp³-hybridized carbons (Fsp3) is 0.933. The second-order valence-corrected chi connectivity index (χ2v) is 6.31. The summed E-state index contributed by atoms with van der Waals surface area (Å²) in [7, 11) is 0. The molecule has 1 aliphatic heterocycles. The first-order valence-electron chi connectivity index (χ1n) is 7.85. The number of piperidine rings is 1. The van der Waals surface area contributed by atoms with Gasteiger partial charge in [0.1, 0.15) is 0 Å². The maximum absolute atomic E-state index is 12.1. The number of carbonyl (C=O) groups is 1. The number of hydrogen-bond donors (Lipinski definition) is 3. The molecule has 0 spiro atoms. The highest BCUT2D eigenvalue weighted by Gasteiger charge is 2.26. The van der Waals surface area contributed by atoms with Gasteiger partial charge in [0.15, 0.2) is 0 Å². The molecule has 2 unspecified atom stereocenters. The molecule has 2 rings (SSSR count). The lowest BCUT2D eigenvalue weighted by molar-refractivity contribution is -0.124. The van der Waals surface area contributed by atoms with Gasteiger partial charge in [0.2, 0.25) is 5.91 Å². The average molecular weight is 305 g/mol. The molecule has 1 heterocycles. The Morgan fingerprint density at radius 2 is 2.05 bits per heavy atom. The maximum atomic E-state index is 12.1. The lowest BCUT2D eigenvalue weighted by Gasteiger charge is -2.31. The van der Waals surface area contributed by atoms with Crippen LogP contribution in [0.4, 0.5) is 0 Å². The van der Waals surface area contributed by atoms with Crippen LogP contribution in [-0.2, 0) is 4.79 Å². The third kappa shape index (κ3) is 5.23. The molecule has 0 radical (unpaired) electrons. The molecule has 1 amide bonds. The Kier molecular flexibility index (Phi) is 7.85. The van der Waals surface area contributed by atoms with Gasteiger partial charge < -0.3 is 15.7 Å². The SMILES string of the molecule is CC(CC(=O)N[C@H]1CCCC[C@@H]1O)C1CCCNC1.Cl. The van der Waals surface area contributed by atoms with Gasteiger partial charge in [-0.05, 0) is 50.6 Å². The molecule has 2 fully saturated rings. The minimum atomic E-state index is -0.343. The van der Waals surface area contributed by atoms with Gasteiger partial charge in [0, 0.05) is 6.42 Å². The zero-order chi connectivity index (χ0) is 13.7. The van der Waals surface area contributed by atoms with E-state index >= 15 is 0 Å². The van der Waals surface area contributed by atoms with Gasteiger partial charge in [-0.15, -0.1) is 12.4 Å². The third-order valence-corrected chi connectivity index (χ3v) is 4.72. The Labute approximate surface area is 128 Å². The van der Waals surface area contributed by atoms with E-state index in [-0.39, 0.29) is 30.5 Å². The van der Waals surface area contributed by atoms with E-state index in [4.69, 9.17) is 0 Å². The Hall–Kier alpha value is -0.320. The standard InChI is InChI=1S/C15H28N2O2.ClH/c1-11(12-5-4-8-16-10-12)9-15(19)17-13-6-2-3-7-14(13)18;/h11-14,16,18H,2-10H2,1H3,(H,17,19);1H/t11?,12?,13-,14-;/m0./s1. The van der Waals surface area contributed by atoms with Crippen LogP contribution in [0.3, 0.4) is 0 Å². The summed E-state index contributed by atoms with van der Waals surface area (Å²) in [5.41, 5.74) is 0. The smallest absolute Gasteiger partial charge is 0.220 e. The number of hydrogen-bond acceptors (Lipinski definition) is 3. The number of rotatable bonds is 4. The van der Waals surface area contributed by atoms with Crippen LogP contribution in [0.25, 0.3) is 0 Å². The second-order valence-electron chi connectivity index (χ2n) is 6.31. The highest BCUT2D eigenvalue weighted by Crippen LogP contribution is 2.23. The van der Waals surface area contributed by atoms with Crippen molar-refractivity contribution in [2.24, 2.45) is 11.8 Å². The van der Waals surface area contributed by atoms with E-state index in [1.807, 2.05) is 0 Å². The molecule has 1 saturated carbocycles. The average Bonchev–Trinajstić information content (AvgIpc) is 2.42. The Morgan fingerprint density at radius 3 is 2.70 bits per heavy atom. The molecule has 20 heavy (non-hydrogen) atoms. The number of aliphatic hydroxyl groups excluding tert-OH is 1. The van der Waals surface area contributed by atoms with Gasteiger partial charge in [-0.1, -0.05) is 19.8 Å². The minimum Gasteiger partial charge on any atom is -0.391 e. The van der Waals surface area contributed by atoms with Crippen LogP contribution < -0.4 is 10.6 Å². The van der Waals surface area contributed by atoms with Gasteiger partial charge in [0.25, 0.3) is 0 Å². The van der Waals surface area contributed by atoms with Crippen LogP contribution in [0, 0.1) is 11.8 Å². The van der Waals surface area contributed by atoms with Crippen molar-refractivity contribution in [3.8, 4) is 0 Å². The lowest BCUT2D eigenvalue weighted by atomic mass is 9.85. The van der Waals surface area contributed by atoms with Crippen LogP contribution in [0.15, 0.2) is 0 Å². The maximum Gasteiger partial charge on any atom is 0.220 e. The summed E-state index contributed by atoms with van der Waals surface area (Å²) in [6.07, 6.45) is 6.65. The molecule has 4 nitrogen and oxygen atoms in total. The molecule has 118 valence electrons. The molecule has 0 aromatic heterocycles. The van der Waals surface area contributed by atoms with Gasteiger partial charge in [-0.25, -0.2) is 0 Å². The zero-order valence-corrected chi connectivity index (χ0v) is 13.3. The lowest BCUT2D eigenvalue weighted by Crippen LogP contribution is -2.46. The van der Waals surface area contributed by atoms with E-state index in [0.717, 1.165) is 38.8 Å². The monoisotopic (exact) mass is 304 g/mol. The first kappa shape index (κ1) is 17.7. The number of halogens is 1. The fourth-order valence-electron chi connectivity index (χ4n) is 3.37. The highest BCUT2D eigenvalue weighted by molar-refractivity contribution is 5.85. The topological polar surface area (TPSA) is 61.4 Å². The number of aliphatic hydroxyl groups is 1. The molecule has 5 heteroatoms. The number of carbonyl (C=O) groups excluding carboxylic acids is 1. The van der Waals surface area contributed by atoms with E-state index < -0.39 is 0 Å². The summed E-state index contributed by atoms with van der Waals surface area (Å²) in [4.78, 5) is 12.1. The van der Waals surface area contributed by atoms with Crippen LogP contribution >= 0.6 is 12.4 Å². The van der Waals surface area contributed by atoms with E-state index in [9.17, 15) is 9.90 Å². The molecule has 0 aromatic rings. The first-order chi connectivity index (χ1) is 9.16. The van der Waals surface area contributed by atoms with E-state index in [0.29, 0.717) is 18.3 Å². The number of nitrogens with one attached hydrogen (secondary N) is 2. The molecule has 3 N–H and O–H groups in total. The van der Waals surface area contributed by atoms with Crippen molar-refractivity contribution < 1.29 is 9.90 Å². The van der Waals surface area contributed by atoms with Crippen molar-refractivity contribution in [2.45, 2.75) is 64.0 Å². The van der Waals surface area contributed by atoms with E-state index in [2.05, 4.69) is 17.6 Å². The first-order valence-corrected chi connectivity index (χ1v) is 7.85. The van der Waals surface area contributed by atoms with Crippen LogP contribution in [0.1, 0.15) is 51.9 Å². The normalized spacial score (nSPS) is 32.0. The van der Waals surface area contributed by atoms with Crippen molar-refractivity contribution in [3.05, 3.63) is 0 Å². The van der Waals surface area contributed by atoms with Crippen molar-refractivity contribution in [1.82, 2.24) is 10.6 Å². The van der Waals surface area contributed by atoms with Crippen LogP contribution in [0.5, 0.6) is 0 Å². The highest BCUT2D eigenvalue weighted by atomic mass is 35.5. The van der Waals surface area contributed by atoms with Gasteiger partial charge in [-0.2, -0.15) is 0 Å². The van der Waals surface area contributed by atoms with Crippen molar-refractivity contribution in [2.75, 3.05) is 13.1 Å². The van der Waals surface area contributed by atoms with Gasteiger partial charge >= 0.3 is 0 Å². The number of amides is 1. The summed E-state index contributed by atoms with van der Waals surface area (Å²) in [6, 6.07) is -0.0158. The Bertz CT molecular complexity index is 296. The van der Waals surface area contributed by atoms with E-state index in [1.165, 1.54) is 12.8 Å². The predicted octanol–water partition coefficient (Wildman–Crippen LogP) is 1.85. The minimum absolute atomic E-state index is 0. The van der Waals surface area contributed by atoms with Gasteiger partial charge in [0.05, 0.1) is 12.1 Å². The molecule has 4 atom stereocenters. The van der Waals surface area contributed by atoms with Gasteiger partial charge in [-0.3, -0.25) is 4.79 Å². The quantitative estimate of drug-likeness (QED) is 0.743. The molecule has 2 aliphatic rings. The summed E-state index contributed by atoms with van der Waals surface area (Å²) < 4.78 is 0. The Balaban J connectivity index is 0.00000200. The predicted molar refractivity (Wildman–Crippen MR) is 83.0 cm³/mol. The molecule has 1 aliphatic carbocycles. The van der Waals surface area contributed by atoms with Crippen molar-refractivity contribution in [1.29, 1.82) is 0 Å². The summed E-state index contributed by atoms with van der Waals surface area (Å²) >= 11 is 0. The molecular formula is C15H29ClN2O2. The zero-order valence-electron chi connectivity index (χ0n) is 12.4. The second kappa shape index (κ2) is 8.85. The van der Waals surface area contributed by atoms with E-state index in [1.54, 1.807) is 0 Å². The van der Waals surface area contributed by atoms with Crippen molar-refractivity contribution in [3.63, 3.8) is 0 Å². The summed E-state index contributed by atoms with van der Waals surface area (Å²) in [6.45, 7) is 4.33. The largest absolute Gasteiger partial charge is 0.391 e. The van der Waals surface area contributed by atoms with Crippen LogP contribution in [0.2, 0.25) is 0 Å². The molecule has 0 aromatic carbocycles. The molecule has 1 saturated heterocycles.